The van der Waals surface area contributed by atoms with Gasteiger partial charge in [-0.05, 0) is 60.9 Å². The lowest BCUT2D eigenvalue weighted by Crippen LogP contribution is -2.26. The van der Waals surface area contributed by atoms with E-state index in [4.69, 9.17) is 16.7 Å². The smallest absolute Gasteiger partial charge is 0.251 e. The van der Waals surface area contributed by atoms with Crippen molar-refractivity contribution < 1.29 is 15.1 Å². The summed E-state index contributed by atoms with van der Waals surface area (Å²) in [6.07, 6.45) is 1.88. The second-order valence-electron chi connectivity index (χ2n) is 7.81. The first-order valence-corrected chi connectivity index (χ1v) is 10.9. The third kappa shape index (κ3) is 5.88. The predicted molar refractivity (Wildman–Crippen MR) is 129 cm³/mol. The molecule has 33 heavy (non-hydrogen) atoms. The Morgan fingerprint density at radius 2 is 1.82 bits per heavy atom. The van der Waals surface area contributed by atoms with Crippen molar-refractivity contribution >= 4 is 23.2 Å². The van der Waals surface area contributed by atoms with E-state index >= 15 is 0 Å². The Morgan fingerprint density at radius 1 is 1.09 bits per heavy atom. The van der Waals surface area contributed by atoms with Crippen LogP contribution < -0.4 is 10.9 Å². The molecule has 0 aliphatic rings. The Kier molecular flexibility index (Phi) is 8.03. The third-order valence-electron chi connectivity index (χ3n) is 5.52. The number of aliphatic hydroxyl groups excluding tert-OH is 1. The maximum absolute atomic E-state index is 12.2. The first-order chi connectivity index (χ1) is 15.8. The molecule has 1 heterocycles. The summed E-state index contributed by atoms with van der Waals surface area (Å²) in [5.74, 6) is -0.467. The summed E-state index contributed by atoms with van der Waals surface area (Å²) in [7, 11) is 0. The third-order valence-corrected chi connectivity index (χ3v) is 5.76. The van der Waals surface area contributed by atoms with Gasteiger partial charge in [-0.3, -0.25) is 9.59 Å². The van der Waals surface area contributed by atoms with Crippen LogP contribution >= 0.6 is 11.6 Å². The molecule has 0 fully saturated rings. The Hall–Kier alpha value is -3.42. The first kappa shape index (κ1) is 24.2. The molecule has 172 valence electrons. The van der Waals surface area contributed by atoms with Gasteiger partial charge in [0, 0.05) is 46.8 Å². The highest BCUT2D eigenvalue weighted by atomic mass is 35.5. The van der Waals surface area contributed by atoms with Crippen LogP contribution in [0.1, 0.15) is 50.5 Å². The summed E-state index contributed by atoms with van der Waals surface area (Å²) in [5.41, 5.74) is 4.73. The molecule has 1 atom stereocenters. The first-order valence-electron chi connectivity index (χ1n) is 10.5. The van der Waals surface area contributed by atoms with Gasteiger partial charge >= 0.3 is 0 Å². The number of H-pyrrole nitrogens is 1. The van der Waals surface area contributed by atoms with Crippen molar-refractivity contribution in [3.8, 4) is 0 Å². The van der Waals surface area contributed by atoms with Crippen LogP contribution in [-0.4, -0.2) is 40.1 Å². The number of carbonyl (C=O) groups is 1. The number of halogens is 1. The molecule has 0 aliphatic carbocycles. The van der Waals surface area contributed by atoms with E-state index in [9.17, 15) is 14.8 Å². The molecule has 0 saturated heterocycles. The molecule has 0 bridgehead atoms. The largest absolute Gasteiger partial charge is 0.411 e. The van der Waals surface area contributed by atoms with Crippen molar-refractivity contribution in [3.05, 3.63) is 103 Å². The molecule has 2 aromatic carbocycles. The van der Waals surface area contributed by atoms with Gasteiger partial charge in [0.05, 0.1) is 12.3 Å². The number of rotatable bonds is 8. The maximum Gasteiger partial charge on any atom is 0.251 e. The molecule has 1 amide bonds. The van der Waals surface area contributed by atoms with Gasteiger partial charge in [-0.25, -0.2) is 0 Å². The Morgan fingerprint density at radius 3 is 2.42 bits per heavy atom. The van der Waals surface area contributed by atoms with Crippen LogP contribution in [0.5, 0.6) is 0 Å². The van der Waals surface area contributed by atoms with E-state index in [-0.39, 0.29) is 30.5 Å². The van der Waals surface area contributed by atoms with Crippen LogP contribution in [-0.2, 0) is 0 Å². The fourth-order valence-corrected chi connectivity index (χ4v) is 3.98. The number of oxime groups is 1. The van der Waals surface area contributed by atoms with Crippen LogP contribution in [0.4, 0.5) is 0 Å². The van der Waals surface area contributed by atoms with E-state index in [1.807, 2.05) is 37.3 Å². The van der Waals surface area contributed by atoms with Crippen molar-refractivity contribution in [1.82, 2.24) is 10.3 Å². The molecule has 1 unspecified atom stereocenters. The minimum Gasteiger partial charge on any atom is -0.411 e. The number of aliphatic hydroxyl groups is 1. The van der Waals surface area contributed by atoms with Crippen LogP contribution in [0, 0.1) is 13.8 Å². The minimum atomic E-state index is -0.267. The van der Waals surface area contributed by atoms with Gasteiger partial charge < -0.3 is 20.6 Å². The summed E-state index contributed by atoms with van der Waals surface area (Å²) in [6, 6.07) is 14.5. The molecule has 0 radical (unpaired) electrons. The summed E-state index contributed by atoms with van der Waals surface area (Å²) >= 11 is 6.17. The molecule has 7 nitrogen and oxygen atoms in total. The van der Waals surface area contributed by atoms with E-state index < -0.39 is 0 Å². The van der Waals surface area contributed by atoms with E-state index in [0.717, 1.165) is 16.7 Å². The summed E-state index contributed by atoms with van der Waals surface area (Å²) in [4.78, 5) is 26.6. The second kappa shape index (κ2) is 10.9. The van der Waals surface area contributed by atoms with Gasteiger partial charge in [0.2, 0.25) is 0 Å². The van der Waals surface area contributed by atoms with E-state index in [1.165, 1.54) is 6.20 Å². The highest BCUT2D eigenvalue weighted by molar-refractivity contribution is 6.30. The van der Waals surface area contributed by atoms with Crippen LogP contribution in [0.3, 0.4) is 0 Å². The summed E-state index contributed by atoms with van der Waals surface area (Å²) < 4.78 is 0. The topological polar surface area (TPSA) is 115 Å². The number of nitrogens with one attached hydrogen (secondary N) is 2. The lowest BCUT2D eigenvalue weighted by molar-refractivity contribution is 0.0944. The molecular formula is C25H26ClN3O4. The van der Waals surface area contributed by atoms with Gasteiger partial charge in [-0.15, -0.1) is 0 Å². The number of aromatic amines is 1. The zero-order valence-electron chi connectivity index (χ0n) is 18.4. The Bertz CT molecular complexity index is 1220. The number of hydrogen-bond donors (Lipinski definition) is 4. The van der Waals surface area contributed by atoms with Crippen LogP contribution in [0.25, 0.3) is 0 Å². The highest BCUT2D eigenvalue weighted by Crippen LogP contribution is 2.33. The average molecular weight is 468 g/mol. The maximum atomic E-state index is 12.2. The molecule has 8 heteroatoms. The van der Waals surface area contributed by atoms with Crippen LogP contribution in [0.15, 0.2) is 64.7 Å². The zero-order valence-corrected chi connectivity index (χ0v) is 19.2. The predicted octanol–water partition coefficient (Wildman–Crippen LogP) is 3.77. The van der Waals surface area contributed by atoms with E-state index in [0.29, 0.717) is 33.8 Å². The van der Waals surface area contributed by atoms with E-state index in [2.05, 4.69) is 15.5 Å². The fourth-order valence-electron chi connectivity index (χ4n) is 3.75. The van der Waals surface area contributed by atoms with Crippen LogP contribution in [0.2, 0.25) is 5.02 Å². The molecule has 0 aliphatic heterocycles. The molecule has 0 saturated carbocycles. The molecule has 3 aromatic rings. The summed E-state index contributed by atoms with van der Waals surface area (Å²) in [5, 5.41) is 25.5. The highest BCUT2D eigenvalue weighted by Gasteiger charge is 2.21. The normalized spacial score (nSPS) is 12.4. The number of nitrogens with zero attached hydrogens (tertiary/aromatic N) is 1. The summed E-state index contributed by atoms with van der Waals surface area (Å²) in [6.45, 7) is 3.71. The van der Waals surface area contributed by atoms with Crippen molar-refractivity contribution in [2.45, 2.75) is 26.2 Å². The number of carbonyl (C=O) groups excluding carboxylic acids is 1. The van der Waals surface area contributed by atoms with Crippen molar-refractivity contribution in [2.75, 3.05) is 13.2 Å². The van der Waals surface area contributed by atoms with Gasteiger partial charge in [-0.1, -0.05) is 35.0 Å². The number of benzene rings is 2. The van der Waals surface area contributed by atoms with E-state index in [1.54, 1.807) is 25.1 Å². The molecule has 4 N–H and O–H groups in total. The molecular weight excluding hydrogens is 442 g/mol. The minimum absolute atomic E-state index is 0.130. The van der Waals surface area contributed by atoms with Crippen molar-refractivity contribution in [2.24, 2.45) is 5.16 Å². The number of aryl methyl sites for hydroxylation is 2. The Balaban J connectivity index is 2.00. The Labute approximate surface area is 196 Å². The van der Waals surface area contributed by atoms with Crippen molar-refractivity contribution in [1.29, 1.82) is 0 Å². The second-order valence-corrected chi connectivity index (χ2v) is 8.24. The lowest BCUT2D eigenvalue weighted by atomic mass is 9.83. The quantitative estimate of drug-likeness (QED) is 0.229. The number of pyridine rings is 1. The molecule has 1 aromatic heterocycles. The van der Waals surface area contributed by atoms with Gasteiger partial charge in [0.1, 0.15) is 0 Å². The lowest BCUT2D eigenvalue weighted by Gasteiger charge is -2.21. The zero-order chi connectivity index (χ0) is 24.0. The fraction of sp³-hybridized carbons (Fsp3) is 0.240. The van der Waals surface area contributed by atoms with Gasteiger partial charge in [-0.2, -0.15) is 0 Å². The molecule has 3 rings (SSSR count). The van der Waals surface area contributed by atoms with Crippen molar-refractivity contribution in [3.63, 3.8) is 0 Å². The monoisotopic (exact) mass is 467 g/mol. The average Bonchev–Trinajstić information content (AvgIpc) is 2.81. The molecule has 0 spiro atoms. The standard InChI is InChI=1S/C25H26ClN3O4/c1-15-12-20(26)7-8-21(15)22(13-23(29-33)19-11-16(2)24(31)28-14-19)17-3-5-18(6-4-17)25(32)27-9-10-30/h3-8,11-12,14,22,30,33H,9-10,13H2,1-2H3,(H,27,32)(H,28,31)/b29-23+. The SMILES string of the molecule is Cc1cc(Cl)ccc1C(C/C(=N\O)c1c[nH]c(=O)c(C)c1)c1ccc(C(=O)NCCO)cc1. The van der Waals surface area contributed by atoms with Gasteiger partial charge in [0.25, 0.3) is 11.5 Å². The number of amides is 1. The number of aromatic nitrogens is 1. The van der Waals surface area contributed by atoms with Gasteiger partial charge in [0.15, 0.2) is 0 Å². The number of hydrogen-bond acceptors (Lipinski definition) is 5.